The lowest BCUT2D eigenvalue weighted by Gasteiger charge is -2.07. The molecule has 0 aromatic heterocycles. The molecule has 0 amide bonds. The lowest BCUT2D eigenvalue weighted by Crippen LogP contribution is -2.17. The molecule has 1 aliphatic heterocycles. The summed E-state index contributed by atoms with van der Waals surface area (Å²) >= 11 is 0. The maximum Gasteiger partial charge on any atom is 0.183 e. The van der Waals surface area contributed by atoms with E-state index in [2.05, 4.69) is 37.9 Å². The van der Waals surface area contributed by atoms with Gasteiger partial charge in [-0.1, -0.05) is 109 Å². The monoisotopic (exact) mass is 419 g/mol. The second-order valence-electron chi connectivity index (χ2n) is 10.1. The van der Waals surface area contributed by atoms with Crippen molar-refractivity contribution in [1.29, 1.82) is 0 Å². The maximum atomic E-state index is 5.66. The fourth-order valence-electron chi connectivity index (χ4n) is 4.20. The number of allylic oxidation sites excluding steroid dienone is 2. The van der Waals surface area contributed by atoms with Crippen molar-refractivity contribution in [3.05, 3.63) is 12.2 Å². The molecule has 0 aromatic carbocycles. The van der Waals surface area contributed by atoms with Crippen molar-refractivity contribution in [2.24, 2.45) is 4.99 Å². The molecular weight excluding hydrogens is 366 g/mol. The molecule has 0 fully saturated rings. The van der Waals surface area contributed by atoms with Crippen LogP contribution in [0.5, 0.6) is 0 Å². The van der Waals surface area contributed by atoms with Crippen molar-refractivity contribution in [2.75, 3.05) is 6.61 Å². The van der Waals surface area contributed by atoms with Crippen molar-refractivity contribution in [3.8, 4) is 0 Å². The number of unbranched alkanes of at least 4 members (excludes halogenated alkanes) is 17. The van der Waals surface area contributed by atoms with E-state index in [9.17, 15) is 0 Å². The molecule has 0 saturated carbocycles. The SMILES string of the molecule is CCCCCCCC/C=C/CCCCCCCCCCCCCC1=NC(C)(C)CO1. The molecule has 0 saturated heterocycles. The molecule has 0 radical (unpaired) electrons. The van der Waals surface area contributed by atoms with Gasteiger partial charge in [0.25, 0.3) is 0 Å². The van der Waals surface area contributed by atoms with Crippen LogP contribution in [0, 0.1) is 0 Å². The zero-order valence-electron chi connectivity index (χ0n) is 20.9. The highest BCUT2D eigenvalue weighted by Gasteiger charge is 2.25. The fraction of sp³-hybridized carbons (Fsp3) is 0.893. The lowest BCUT2D eigenvalue weighted by molar-refractivity contribution is 0.273. The average Bonchev–Trinajstić information content (AvgIpc) is 3.07. The third kappa shape index (κ3) is 16.9. The Hall–Kier alpha value is -0.790. The van der Waals surface area contributed by atoms with Gasteiger partial charge < -0.3 is 4.74 Å². The van der Waals surface area contributed by atoms with Crippen molar-refractivity contribution in [3.63, 3.8) is 0 Å². The molecule has 0 N–H and O–H groups in total. The van der Waals surface area contributed by atoms with Crippen LogP contribution < -0.4 is 0 Å². The van der Waals surface area contributed by atoms with Crippen LogP contribution in [-0.4, -0.2) is 18.0 Å². The minimum absolute atomic E-state index is 0.0132. The quantitative estimate of drug-likeness (QED) is 0.134. The van der Waals surface area contributed by atoms with Gasteiger partial charge >= 0.3 is 0 Å². The predicted octanol–water partition coefficient (Wildman–Crippen LogP) is 9.57. The molecule has 1 rings (SSSR count). The van der Waals surface area contributed by atoms with Gasteiger partial charge in [0.1, 0.15) is 6.61 Å². The van der Waals surface area contributed by atoms with E-state index in [1.54, 1.807) is 0 Å². The van der Waals surface area contributed by atoms with Crippen molar-refractivity contribution < 1.29 is 4.74 Å². The van der Waals surface area contributed by atoms with Gasteiger partial charge in [-0.3, -0.25) is 0 Å². The summed E-state index contributed by atoms with van der Waals surface area (Å²) in [6.07, 6.45) is 32.3. The van der Waals surface area contributed by atoms with Gasteiger partial charge in [0.05, 0.1) is 5.54 Å². The average molecular weight is 420 g/mol. The standard InChI is InChI=1S/C28H53NO/c1-4-5-6-7-8-9-10-11-12-13-14-15-16-17-18-19-20-21-22-23-24-25-27-29-28(2,3)26-30-27/h11-12H,4-10,13-26H2,1-3H3/b12-11+. The number of ether oxygens (including phenoxy) is 1. The number of hydrogen-bond donors (Lipinski definition) is 0. The molecule has 1 heterocycles. The molecule has 0 spiro atoms. The Morgan fingerprint density at radius 1 is 0.667 bits per heavy atom. The summed E-state index contributed by atoms with van der Waals surface area (Å²) in [5.74, 6) is 0.994. The van der Waals surface area contributed by atoms with E-state index in [1.807, 2.05) is 0 Å². The molecule has 30 heavy (non-hydrogen) atoms. The van der Waals surface area contributed by atoms with Gasteiger partial charge in [-0.05, 0) is 46.0 Å². The first-order chi connectivity index (χ1) is 14.6. The smallest absolute Gasteiger partial charge is 0.183 e. The van der Waals surface area contributed by atoms with E-state index in [4.69, 9.17) is 4.74 Å². The van der Waals surface area contributed by atoms with Gasteiger partial charge in [-0.2, -0.15) is 0 Å². The Bertz CT molecular complexity index is 438. The van der Waals surface area contributed by atoms with Crippen LogP contribution >= 0.6 is 0 Å². The summed E-state index contributed by atoms with van der Waals surface area (Å²) in [5.41, 5.74) is 0.0132. The van der Waals surface area contributed by atoms with E-state index in [-0.39, 0.29) is 5.54 Å². The third-order valence-electron chi connectivity index (χ3n) is 6.17. The predicted molar refractivity (Wildman–Crippen MR) is 135 cm³/mol. The molecule has 2 heteroatoms. The van der Waals surface area contributed by atoms with Crippen molar-refractivity contribution >= 4 is 5.90 Å². The second kappa shape index (κ2) is 18.9. The molecule has 0 atom stereocenters. The highest BCUT2D eigenvalue weighted by Crippen LogP contribution is 2.20. The number of rotatable bonds is 21. The first kappa shape index (κ1) is 27.2. The lowest BCUT2D eigenvalue weighted by atomic mass is 10.0. The Morgan fingerprint density at radius 3 is 1.53 bits per heavy atom. The van der Waals surface area contributed by atoms with Crippen molar-refractivity contribution in [2.45, 2.75) is 155 Å². The van der Waals surface area contributed by atoms with Gasteiger partial charge in [-0.15, -0.1) is 0 Å². The molecule has 176 valence electrons. The minimum Gasteiger partial charge on any atom is -0.478 e. The highest BCUT2D eigenvalue weighted by atomic mass is 16.5. The van der Waals surface area contributed by atoms with Gasteiger partial charge in [-0.25, -0.2) is 4.99 Å². The van der Waals surface area contributed by atoms with Crippen molar-refractivity contribution in [1.82, 2.24) is 0 Å². The van der Waals surface area contributed by atoms with E-state index in [0.29, 0.717) is 0 Å². The first-order valence-electron chi connectivity index (χ1n) is 13.5. The Morgan fingerprint density at radius 2 is 1.10 bits per heavy atom. The summed E-state index contributed by atoms with van der Waals surface area (Å²) in [6, 6.07) is 0. The number of nitrogens with zero attached hydrogens (tertiary/aromatic N) is 1. The number of aliphatic imine (C=N–C) groups is 1. The van der Waals surface area contributed by atoms with Gasteiger partial charge in [0, 0.05) is 6.42 Å². The second-order valence-corrected chi connectivity index (χ2v) is 10.1. The zero-order valence-corrected chi connectivity index (χ0v) is 20.9. The molecule has 0 unspecified atom stereocenters. The molecule has 0 aromatic rings. The zero-order chi connectivity index (χ0) is 21.8. The Balaban J connectivity index is 1.71. The Kier molecular flexibility index (Phi) is 17.2. The molecule has 1 aliphatic rings. The molecule has 0 bridgehead atoms. The molecule has 0 aliphatic carbocycles. The van der Waals surface area contributed by atoms with E-state index in [1.165, 1.54) is 122 Å². The van der Waals surface area contributed by atoms with E-state index >= 15 is 0 Å². The topological polar surface area (TPSA) is 21.6 Å². The summed E-state index contributed by atoms with van der Waals surface area (Å²) in [7, 11) is 0. The third-order valence-corrected chi connectivity index (χ3v) is 6.17. The Labute approximate surface area is 189 Å². The summed E-state index contributed by atoms with van der Waals surface area (Å²) in [4.78, 5) is 4.63. The van der Waals surface area contributed by atoms with Crippen LogP contribution in [0.25, 0.3) is 0 Å². The number of hydrogen-bond acceptors (Lipinski definition) is 2. The van der Waals surface area contributed by atoms with E-state index < -0.39 is 0 Å². The van der Waals surface area contributed by atoms with E-state index in [0.717, 1.165) is 18.9 Å². The fourth-order valence-corrected chi connectivity index (χ4v) is 4.20. The van der Waals surface area contributed by atoms with Crippen LogP contribution in [0.3, 0.4) is 0 Å². The van der Waals surface area contributed by atoms with Crippen LogP contribution in [0.4, 0.5) is 0 Å². The maximum absolute atomic E-state index is 5.66. The largest absolute Gasteiger partial charge is 0.478 e. The summed E-state index contributed by atoms with van der Waals surface area (Å²) < 4.78 is 5.66. The van der Waals surface area contributed by atoms with Crippen LogP contribution in [0.1, 0.15) is 149 Å². The minimum atomic E-state index is 0.0132. The normalized spacial score (nSPS) is 15.6. The summed E-state index contributed by atoms with van der Waals surface area (Å²) in [5, 5.41) is 0. The molecular formula is C28H53NO. The molecule has 2 nitrogen and oxygen atoms in total. The summed E-state index contributed by atoms with van der Waals surface area (Å²) in [6.45, 7) is 7.35. The van der Waals surface area contributed by atoms with Crippen LogP contribution in [0.2, 0.25) is 0 Å². The highest BCUT2D eigenvalue weighted by molar-refractivity contribution is 5.78. The first-order valence-corrected chi connectivity index (χ1v) is 13.5. The van der Waals surface area contributed by atoms with Crippen LogP contribution in [-0.2, 0) is 4.74 Å². The van der Waals surface area contributed by atoms with Crippen LogP contribution in [0.15, 0.2) is 17.1 Å². The van der Waals surface area contributed by atoms with Gasteiger partial charge in [0.15, 0.2) is 5.90 Å². The van der Waals surface area contributed by atoms with Gasteiger partial charge in [0.2, 0.25) is 0 Å².